The van der Waals surface area contributed by atoms with Crippen molar-refractivity contribution in [2.45, 2.75) is 65.0 Å². The molecule has 2 rings (SSSR count). The number of carbonyl (C=O) groups excluding carboxylic acids is 2. The average molecular weight is 322 g/mol. The molecule has 5 heteroatoms. The lowest BCUT2D eigenvalue weighted by Crippen LogP contribution is -2.53. The van der Waals surface area contributed by atoms with Crippen LogP contribution in [0.4, 0.5) is 4.79 Å². The largest absolute Gasteiger partial charge is 0.444 e. The van der Waals surface area contributed by atoms with E-state index in [0.717, 1.165) is 25.7 Å². The molecule has 0 unspecified atom stereocenters. The van der Waals surface area contributed by atoms with Crippen molar-refractivity contribution >= 4 is 12.0 Å². The van der Waals surface area contributed by atoms with E-state index in [0.29, 0.717) is 13.1 Å². The number of nitrogens with zero attached hydrogens (tertiary/aromatic N) is 1. The van der Waals surface area contributed by atoms with Gasteiger partial charge in [0.15, 0.2) is 0 Å². The Bertz CT molecular complexity index is 467. The lowest BCUT2D eigenvalue weighted by Gasteiger charge is -2.39. The van der Waals surface area contributed by atoms with Crippen LogP contribution in [-0.2, 0) is 9.53 Å². The SMILES string of the molecule is C[C@@H]1CN(C(=O)[C@H]2CC=CCC2)CC[C@@H]1NC(=O)OC(C)(C)C. The van der Waals surface area contributed by atoms with Crippen molar-refractivity contribution < 1.29 is 14.3 Å². The third-order valence-electron chi connectivity index (χ3n) is 4.54. The van der Waals surface area contributed by atoms with E-state index in [9.17, 15) is 9.59 Å². The van der Waals surface area contributed by atoms with Crippen LogP contribution in [0.1, 0.15) is 53.4 Å². The van der Waals surface area contributed by atoms with E-state index in [1.165, 1.54) is 0 Å². The highest BCUT2D eigenvalue weighted by atomic mass is 16.6. The van der Waals surface area contributed by atoms with E-state index in [1.54, 1.807) is 0 Å². The Balaban J connectivity index is 1.83. The van der Waals surface area contributed by atoms with Gasteiger partial charge in [-0.1, -0.05) is 19.1 Å². The number of piperidine rings is 1. The molecule has 0 aromatic rings. The molecule has 3 atom stereocenters. The van der Waals surface area contributed by atoms with Gasteiger partial charge < -0.3 is 15.0 Å². The molecular weight excluding hydrogens is 292 g/mol. The van der Waals surface area contributed by atoms with Crippen LogP contribution < -0.4 is 5.32 Å². The Labute approximate surface area is 139 Å². The molecule has 23 heavy (non-hydrogen) atoms. The zero-order chi connectivity index (χ0) is 17.0. The summed E-state index contributed by atoms with van der Waals surface area (Å²) < 4.78 is 5.32. The number of likely N-dealkylation sites (tertiary alicyclic amines) is 1. The minimum absolute atomic E-state index is 0.0696. The maximum Gasteiger partial charge on any atom is 0.407 e. The van der Waals surface area contributed by atoms with Crippen molar-refractivity contribution in [3.8, 4) is 0 Å². The van der Waals surface area contributed by atoms with E-state index in [1.807, 2.05) is 25.7 Å². The summed E-state index contributed by atoms with van der Waals surface area (Å²) in [5.41, 5.74) is -0.488. The molecule has 2 aliphatic rings. The summed E-state index contributed by atoms with van der Waals surface area (Å²) in [6.07, 6.45) is 7.52. The van der Waals surface area contributed by atoms with Gasteiger partial charge in [-0.25, -0.2) is 4.79 Å². The summed E-state index contributed by atoms with van der Waals surface area (Å²) in [6, 6.07) is 0.0696. The van der Waals surface area contributed by atoms with Crippen molar-refractivity contribution in [3.63, 3.8) is 0 Å². The van der Waals surface area contributed by atoms with Crippen LogP contribution in [0.15, 0.2) is 12.2 Å². The monoisotopic (exact) mass is 322 g/mol. The van der Waals surface area contributed by atoms with E-state index in [2.05, 4.69) is 24.4 Å². The summed E-state index contributed by atoms with van der Waals surface area (Å²) >= 11 is 0. The summed E-state index contributed by atoms with van der Waals surface area (Å²) in [4.78, 5) is 26.5. The fraction of sp³-hybridized carbons (Fsp3) is 0.778. The van der Waals surface area contributed by atoms with E-state index < -0.39 is 5.60 Å². The number of alkyl carbamates (subject to hydrolysis) is 1. The predicted octanol–water partition coefficient (Wildman–Crippen LogP) is 3.10. The molecule has 130 valence electrons. The van der Waals surface area contributed by atoms with Crippen molar-refractivity contribution in [2.24, 2.45) is 11.8 Å². The minimum Gasteiger partial charge on any atom is -0.444 e. The molecule has 2 amide bonds. The van der Waals surface area contributed by atoms with E-state index in [4.69, 9.17) is 4.74 Å². The molecule has 1 saturated heterocycles. The van der Waals surface area contributed by atoms with Crippen LogP contribution in [0.2, 0.25) is 0 Å². The Hall–Kier alpha value is -1.52. The molecule has 0 bridgehead atoms. The first-order valence-electron chi connectivity index (χ1n) is 8.69. The van der Waals surface area contributed by atoms with Gasteiger partial charge in [0.1, 0.15) is 5.60 Å². The maximum atomic E-state index is 12.6. The van der Waals surface area contributed by atoms with Crippen LogP contribution >= 0.6 is 0 Å². The second-order valence-corrected chi connectivity index (χ2v) is 7.78. The highest BCUT2D eigenvalue weighted by Gasteiger charge is 2.33. The van der Waals surface area contributed by atoms with Crippen LogP contribution in [0.5, 0.6) is 0 Å². The number of amides is 2. The molecular formula is C18H30N2O3. The average Bonchev–Trinajstić information content (AvgIpc) is 2.47. The molecule has 1 fully saturated rings. The van der Waals surface area contributed by atoms with Crippen LogP contribution in [-0.4, -0.2) is 41.6 Å². The van der Waals surface area contributed by atoms with Gasteiger partial charge in [0.2, 0.25) is 5.91 Å². The van der Waals surface area contributed by atoms with Gasteiger partial charge in [-0.05, 0) is 52.4 Å². The molecule has 0 saturated carbocycles. The summed E-state index contributed by atoms with van der Waals surface area (Å²) in [6.45, 7) is 9.08. The maximum absolute atomic E-state index is 12.6. The molecule has 1 aliphatic carbocycles. The molecule has 0 spiro atoms. The Morgan fingerprint density at radius 3 is 2.52 bits per heavy atom. The molecule has 0 aromatic carbocycles. The number of ether oxygens (including phenoxy) is 1. The second kappa shape index (κ2) is 7.37. The van der Waals surface area contributed by atoms with E-state index >= 15 is 0 Å². The van der Waals surface area contributed by atoms with Crippen LogP contribution in [0.25, 0.3) is 0 Å². The first kappa shape index (κ1) is 17.8. The smallest absolute Gasteiger partial charge is 0.407 e. The zero-order valence-electron chi connectivity index (χ0n) is 14.8. The number of nitrogens with one attached hydrogen (secondary N) is 1. The third-order valence-corrected chi connectivity index (χ3v) is 4.54. The molecule has 1 N–H and O–H groups in total. The number of rotatable bonds is 2. The van der Waals surface area contributed by atoms with Gasteiger partial charge in [-0.2, -0.15) is 0 Å². The Kier molecular flexibility index (Phi) is 5.71. The normalized spacial score (nSPS) is 28.3. The first-order chi connectivity index (χ1) is 10.8. The lowest BCUT2D eigenvalue weighted by atomic mass is 9.89. The van der Waals surface area contributed by atoms with Gasteiger partial charge in [0, 0.05) is 25.0 Å². The summed E-state index contributed by atoms with van der Waals surface area (Å²) in [5, 5.41) is 2.95. The Morgan fingerprint density at radius 2 is 1.96 bits per heavy atom. The predicted molar refractivity (Wildman–Crippen MR) is 90.0 cm³/mol. The van der Waals surface area contributed by atoms with Gasteiger partial charge in [-0.15, -0.1) is 0 Å². The minimum atomic E-state index is -0.488. The number of allylic oxidation sites excluding steroid dienone is 2. The van der Waals surface area contributed by atoms with Crippen molar-refractivity contribution in [1.82, 2.24) is 10.2 Å². The van der Waals surface area contributed by atoms with Crippen molar-refractivity contribution in [3.05, 3.63) is 12.2 Å². The molecule has 5 nitrogen and oxygen atoms in total. The molecule has 0 aromatic heterocycles. The topological polar surface area (TPSA) is 58.6 Å². The summed E-state index contributed by atoms with van der Waals surface area (Å²) in [7, 11) is 0. The van der Waals surface area contributed by atoms with Crippen LogP contribution in [0.3, 0.4) is 0 Å². The van der Waals surface area contributed by atoms with Gasteiger partial charge in [-0.3, -0.25) is 4.79 Å². The lowest BCUT2D eigenvalue weighted by molar-refractivity contribution is -0.137. The quantitative estimate of drug-likeness (QED) is 0.795. The van der Waals surface area contributed by atoms with Crippen molar-refractivity contribution in [2.75, 3.05) is 13.1 Å². The second-order valence-electron chi connectivity index (χ2n) is 7.78. The highest BCUT2D eigenvalue weighted by Crippen LogP contribution is 2.24. The molecule has 1 heterocycles. The summed E-state index contributed by atoms with van der Waals surface area (Å²) in [5.74, 6) is 0.652. The fourth-order valence-corrected chi connectivity index (χ4v) is 3.30. The molecule has 0 radical (unpaired) electrons. The number of hydrogen-bond acceptors (Lipinski definition) is 3. The first-order valence-corrected chi connectivity index (χ1v) is 8.69. The zero-order valence-corrected chi connectivity index (χ0v) is 14.8. The standard InChI is InChI=1S/C18H30N2O3/c1-13-12-20(16(21)14-8-6-5-7-9-14)11-10-15(13)19-17(22)23-18(2,3)4/h5-6,13-15H,7-12H2,1-4H3,(H,19,22)/t13-,14+,15+/m1/s1. The van der Waals surface area contributed by atoms with Gasteiger partial charge in [0.25, 0.3) is 0 Å². The van der Waals surface area contributed by atoms with E-state index in [-0.39, 0.29) is 29.9 Å². The Morgan fingerprint density at radius 1 is 1.22 bits per heavy atom. The van der Waals surface area contributed by atoms with Crippen molar-refractivity contribution in [1.29, 1.82) is 0 Å². The highest BCUT2D eigenvalue weighted by molar-refractivity contribution is 5.79. The fourth-order valence-electron chi connectivity index (χ4n) is 3.30. The van der Waals surface area contributed by atoms with Gasteiger partial charge in [0.05, 0.1) is 0 Å². The number of carbonyl (C=O) groups is 2. The van der Waals surface area contributed by atoms with Gasteiger partial charge >= 0.3 is 6.09 Å². The molecule has 1 aliphatic heterocycles. The third kappa shape index (κ3) is 5.26. The number of hydrogen-bond donors (Lipinski definition) is 1. The van der Waals surface area contributed by atoms with Crippen LogP contribution in [0, 0.1) is 11.8 Å².